The molecule has 0 aromatic carbocycles. The first-order valence-corrected chi connectivity index (χ1v) is 13.4. The number of aliphatic hydroxyl groups excluding tert-OH is 1. The van der Waals surface area contributed by atoms with E-state index in [1.807, 2.05) is 6.92 Å². The number of aromatic nitrogens is 3. The van der Waals surface area contributed by atoms with E-state index in [0.29, 0.717) is 0 Å². The highest BCUT2D eigenvalue weighted by Crippen LogP contribution is 2.46. The predicted molar refractivity (Wildman–Crippen MR) is 148 cm³/mol. The summed E-state index contributed by atoms with van der Waals surface area (Å²) in [4.78, 5) is 24.4. The first-order chi connectivity index (χ1) is 17.7. The van der Waals surface area contributed by atoms with Crippen LogP contribution in [0, 0.1) is 38.5 Å². The van der Waals surface area contributed by atoms with Crippen molar-refractivity contribution in [2.24, 2.45) is 17.8 Å². The minimum atomic E-state index is -0.190. The number of aliphatic hydroxyl groups is 1. The summed E-state index contributed by atoms with van der Waals surface area (Å²) in [7, 11) is 0. The summed E-state index contributed by atoms with van der Waals surface area (Å²) in [6.45, 7) is 14.9. The molecule has 0 saturated carbocycles. The van der Waals surface area contributed by atoms with E-state index in [9.17, 15) is 9.90 Å². The zero-order valence-corrected chi connectivity index (χ0v) is 22.7. The lowest BCUT2D eigenvalue weighted by Gasteiger charge is -2.14. The van der Waals surface area contributed by atoms with Crippen LogP contribution in [0.25, 0.3) is 23.8 Å². The second-order valence-electron chi connectivity index (χ2n) is 11.0. The Bertz CT molecular complexity index is 1670. The summed E-state index contributed by atoms with van der Waals surface area (Å²) < 4.78 is 0. The molecular weight excluding hydrogens is 460 g/mol. The standard InChI is InChI=1S/C31H36N4O2/c1-8-19-15(4)23-10-26-20(12-36)16(5)22(33-26)9-21-13(2)14(3)29(34-21)27-18(7)31(37)28-17(6)24(35-30(27)28)11-25(19)32-23/h9-11,13-14,18,32-36H,8,12H2,1-7H3/b21-9-,23-10-,25-11-,29-27-/t13-,14-,18+/m0/s1. The van der Waals surface area contributed by atoms with E-state index in [-0.39, 0.29) is 30.1 Å². The van der Waals surface area contributed by atoms with Gasteiger partial charge in [-0.15, -0.1) is 0 Å². The minimum Gasteiger partial charge on any atom is -0.392 e. The molecule has 3 atom stereocenters. The Morgan fingerprint density at radius 2 is 1.51 bits per heavy atom. The fraction of sp³-hybridized carbons (Fsp3) is 0.387. The molecule has 3 aliphatic rings. The minimum absolute atomic E-state index is 0.0298. The summed E-state index contributed by atoms with van der Waals surface area (Å²) in [5.74, 6) is 0.507. The van der Waals surface area contributed by atoms with Crippen LogP contribution in [-0.2, 0) is 13.0 Å². The monoisotopic (exact) mass is 496 g/mol. The van der Waals surface area contributed by atoms with Crippen LogP contribution in [0.4, 0.5) is 0 Å². The van der Waals surface area contributed by atoms with Crippen molar-refractivity contribution >= 4 is 29.6 Å². The van der Waals surface area contributed by atoms with Crippen molar-refractivity contribution < 1.29 is 9.90 Å². The highest BCUT2D eigenvalue weighted by Gasteiger charge is 2.41. The lowest BCUT2D eigenvalue weighted by molar-refractivity contribution is 0.0965. The van der Waals surface area contributed by atoms with E-state index >= 15 is 0 Å². The number of aromatic amines is 3. The average Bonchev–Trinajstić information content (AvgIpc) is 3.58. The third kappa shape index (κ3) is 3.24. The highest BCUT2D eigenvalue weighted by molar-refractivity contribution is 6.15. The Kier molecular flexibility index (Phi) is 5.32. The van der Waals surface area contributed by atoms with Crippen LogP contribution in [0.5, 0.6) is 0 Å². The molecule has 8 bridgehead atoms. The fourth-order valence-electron chi connectivity index (χ4n) is 6.58. The Labute approximate surface area is 217 Å². The van der Waals surface area contributed by atoms with Crippen LogP contribution in [0.15, 0.2) is 11.4 Å². The second-order valence-corrected chi connectivity index (χ2v) is 11.0. The van der Waals surface area contributed by atoms with E-state index in [4.69, 9.17) is 0 Å². The number of carbonyl (C=O) groups excluding carboxylic acids is 1. The van der Waals surface area contributed by atoms with Crippen molar-refractivity contribution in [2.75, 3.05) is 0 Å². The van der Waals surface area contributed by atoms with Crippen molar-refractivity contribution in [1.29, 1.82) is 0 Å². The van der Waals surface area contributed by atoms with Crippen LogP contribution in [-0.4, -0.2) is 25.8 Å². The summed E-state index contributed by atoms with van der Waals surface area (Å²) in [5, 5.41) is 16.1. The Balaban J connectivity index is 1.74. The Morgan fingerprint density at radius 3 is 2.22 bits per heavy atom. The van der Waals surface area contributed by atoms with Crippen LogP contribution in [0.1, 0.15) is 88.6 Å². The number of nitrogens with one attached hydrogen (secondary N) is 4. The summed E-state index contributed by atoms with van der Waals surface area (Å²) in [6.07, 6.45) is 7.34. The maximum Gasteiger partial charge on any atom is 0.172 e. The van der Waals surface area contributed by atoms with Crippen molar-refractivity contribution in [3.05, 3.63) is 78.2 Å². The summed E-state index contributed by atoms with van der Waals surface area (Å²) >= 11 is 0. The zero-order valence-electron chi connectivity index (χ0n) is 22.7. The molecule has 0 amide bonds. The Morgan fingerprint density at radius 1 is 0.811 bits per heavy atom. The molecule has 2 aliphatic heterocycles. The number of Topliss-reactive ketones (excluding diaryl/α,β-unsaturated/α-hetero) is 1. The molecule has 1 fully saturated rings. The molecule has 1 aliphatic carbocycles. The normalized spacial score (nSPS) is 27.4. The van der Waals surface area contributed by atoms with Gasteiger partial charge in [0.25, 0.3) is 0 Å². The quantitative estimate of drug-likeness (QED) is 0.370. The number of rotatable bonds is 2. The number of allylic oxidation sites excluding steroid dienone is 3. The second kappa shape index (κ2) is 8.25. The molecule has 6 heteroatoms. The van der Waals surface area contributed by atoms with E-state index in [0.717, 1.165) is 79.1 Å². The largest absolute Gasteiger partial charge is 0.392 e. The number of hydrogen-bond donors (Lipinski definition) is 5. The third-order valence-electron chi connectivity index (χ3n) is 9.19. The van der Waals surface area contributed by atoms with Crippen LogP contribution < -0.4 is 16.0 Å². The van der Waals surface area contributed by atoms with Gasteiger partial charge in [0.1, 0.15) is 0 Å². The maximum absolute atomic E-state index is 13.5. The molecular formula is C31H36N4O2. The van der Waals surface area contributed by atoms with E-state index in [1.165, 1.54) is 11.1 Å². The molecule has 3 aromatic rings. The molecule has 0 spiro atoms. The average molecular weight is 497 g/mol. The highest BCUT2D eigenvalue weighted by atomic mass is 16.3. The van der Waals surface area contributed by atoms with Crippen molar-refractivity contribution in [3.63, 3.8) is 0 Å². The van der Waals surface area contributed by atoms with Gasteiger partial charge in [0.05, 0.1) is 12.3 Å². The molecule has 0 unspecified atom stereocenters. The number of hydrogen-bond acceptors (Lipinski definition) is 3. The first kappa shape index (κ1) is 23.9. The summed E-state index contributed by atoms with van der Waals surface area (Å²) in [5.41, 5.74) is 13.4. The molecule has 5 heterocycles. The van der Waals surface area contributed by atoms with Gasteiger partial charge in [-0.2, -0.15) is 0 Å². The predicted octanol–water partition coefficient (Wildman–Crippen LogP) is 4.08. The van der Waals surface area contributed by atoms with Gasteiger partial charge in [0.2, 0.25) is 0 Å². The Hall–Kier alpha value is -3.51. The van der Waals surface area contributed by atoms with Gasteiger partial charge in [-0.25, -0.2) is 0 Å². The van der Waals surface area contributed by atoms with Crippen molar-refractivity contribution in [2.45, 2.75) is 61.5 Å². The van der Waals surface area contributed by atoms with E-state index < -0.39 is 0 Å². The molecule has 37 heavy (non-hydrogen) atoms. The van der Waals surface area contributed by atoms with Gasteiger partial charge >= 0.3 is 0 Å². The zero-order chi connectivity index (χ0) is 26.3. The number of carbonyl (C=O) groups is 1. The summed E-state index contributed by atoms with van der Waals surface area (Å²) in [6, 6.07) is 0. The van der Waals surface area contributed by atoms with E-state index in [2.05, 4.69) is 80.0 Å². The van der Waals surface area contributed by atoms with Gasteiger partial charge in [0, 0.05) is 73.6 Å². The topological polar surface area (TPSA) is 96.7 Å². The number of ketones is 1. The lowest BCUT2D eigenvalue weighted by Crippen LogP contribution is -2.14. The number of H-pyrrole nitrogens is 3. The van der Waals surface area contributed by atoms with Gasteiger partial charge < -0.3 is 25.4 Å². The number of fused-ring (bicyclic) bond motifs is 7. The molecule has 6 nitrogen and oxygen atoms in total. The molecule has 5 N–H and O–H groups in total. The van der Waals surface area contributed by atoms with Gasteiger partial charge in [-0.1, -0.05) is 27.7 Å². The van der Waals surface area contributed by atoms with Gasteiger partial charge in [0.15, 0.2) is 5.78 Å². The van der Waals surface area contributed by atoms with Crippen LogP contribution >= 0.6 is 0 Å². The smallest absolute Gasteiger partial charge is 0.172 e. The molecule has 3 aromatic heterocycles. The SMILES string of the molecule is CCc1c(C)/c2[nH]/c1=C\c1[nH]c3c(c1C)C(=O)[C@H](C)/C3=C1/N/C(=C\c3[nH]c(c(CO)c3C)\C=2)[C@@H](C)[C@@H]1C. The van der Waals surface area contributed by atoms with Crippen LogP contribution in [0.3, 0.4) is 0 Å². The van der Waals surface area contributed by atoms with E-state index in [1.54, 1.807) is 0 Å². The lowest BCUT2D eigenvalue weighted by atomic mass is 9.90. The first-order valence-electron chi connectivity index (χ1n) is 13.4. The molecule has 1 saturated heterocycles. The van der Waals surface area contributed by atoms with Gasteiger partial charge in [-0.3, -0.25) is 4.79 Å². The van der Waals surface area contributed by atoms with Crippen molar-refractivity contribution in [3.8, 4) is 0 Å². The molecule has 192 valence electrons. The fourth-order valence-corrected chi connectivity index (χ4v) is 6.58. The maximum atomic E-state index is 13.5. The van der Waals surface area contributed by atoms with Crippen molar-refractivity contribution in [1.82, 2.24) is 20.3 Å². The van der Waals surface area contributed by atoms with Crippen LogP contribution in [0.2, 0.25) is 0 Å². The van der Waals surface area contributed by atoms with Gasteiger partial charge in [-0.05, 0) is 67.7 Å². The molecule has 0 radical (unpaired) electrons. The molecule has 6 rings (SSSR count). The third-order valence-corrected chi connectivity index (χ3v) is 9.19.